The van der Waals surface area contributed by atoms with Crippen LogP contribution in [0.4, 0.5) is 0 Å². The summed E-state index contributed by atoms with van der Waals surface area (Å²) in [5, 5.41) is 7.94. The molecule has 5 heteroatoms. The van der Waals surface area contributed by atoms with E-state index in [2.05, 4.69) is 68.4 Å². The highest BCUT2D eigenvalue weighted by Crippen LogP contribution is 2.30. The summed E-state index contributed by atoms with van der Waals surface area (Å²) in [6.07, 6.45) is 0. The first kappa shape index (κ1) is 13.5. The van der Waals surface area contributed by atoms with Gasteiger partial charge in [-0.15, -0.1) is 34.0 Å². The van der Waals surface area contributed by atoms with Crippen molar-refractivity contribution in [3.05, 3.63) is 65.6 Å². The van der Waals surface area contributed by atoms with Gasteiger partial charge in [-0.05, 0) is 51.0 Å². The zero-order valence-corrected chi connectivity index (χ0v) is 14.0. The van der Waals surface area contributed by atoms with Crippen LogP contribution in [0.15, 0.2) is 50.9 Å². The van der Waals surface area contributed by atoms with E-state index in [-0.39, 0.29) is 0 Å². The zero-order valence-electron chi connectivity index (χ0n) is 10.0. The van der Waals surface area contributed by atoms with Crippen LogP contribution in [-0.2, 0) is 6.54 Å². The summed E-state index contributed by atoms with van der Waals surface area (Å²) in [5.74, 6) is 0. The number of rotatable bonds is 5. The van der Waals surface area contributed by atoms with E-state index in [1.807, 2.05) is 22.7 Å². The normalized spacial score (nSPS) is 11.3. The Morgan fingerprint density at radius 1 is 1.00 bits per heavy atom. The Morgan fingerprint density at radius 2 is 1.68 bits per heavy atom. The third-order valence-electron chi connectivity index (χ3n) is 2.76. The Labute approximate surface area is 133 Å². The maximum atomic E-state index is 3.66. The molecule has 98 valence electrons. The summed E-state index contributed by atoms with van der Waals surface area (Å²) in [6.45, 7) is 0.900. The van der Waals surface area contributed by atoms with E-state index < -0.39 is 0 Å². The Morgan fingerprint density at radius 3 is 2.16 bits per heavy atom. The van der Waals surface area contributed by atoms with Gasteiger partial charge in [-0.1, -0.05) is 12.1 Å². The highest BCUT2D eigenvalue weighted by Gasteiger charge is 2.15. The number of halogens is 1. The molecule has 0 aliphatic rings. The quantitative estimate of drug-likeness (QED) is 0.624. The van der Waals surface area contributed by atoms with Crippen molar-refractivity contribution in [3.8, 4) is 0 Å². The van der Waals surface area contributed by atoms with Crippen molar-refractivity contribution in [2.75, 3.05) is 0 Å². The summed E-state index contributed by atoms with van der Waals surface area (Å²) >= 11 is 8.91. The summed E-state index contributed by atoms with van der Waals surface area (Å²) in [7, 11) is 0. The third kappa shape index (κ3) is 3.35. The molecule has 19 heavy (non-hydrogen) atoms. The molecule has 3 heterocycles. The molecular weight excluding hydrogens is 358 g/mol. The summed E-state index contributed by atoms with van der Waals surface area (Å²) in [5.41, 5.74) is 0. The number of nitrogens with one attached hydrogen (secondary N) is 1. The molecule has 0 saturated heterocycles. The number of hydrogen-bond acceptors (Lipinski definition) is 4. The molecule has 3 rings (SSSR count). The largest absolute Gasteiger partial charge is 0.300 e. The van der Waals surface area contributed by atoms with E-state index in [1.54, 1.807) is 11.3 Å². The lowest BCUT2D eigenvalue weighted by Gasteiger charge is -2.15. The van der Waals surface area contributed by atoms with Crippen molar-refractivity contribution >= 4 is 49.9 Å². The van der Waals surface area contributed by atoms with E-state index in [1.165, 1.54) is 18.4 Å². The van der Waals surface area contributed by atoms with Gasteiger partial charge in [0.25, 0.3) is 0 Å². The second-order valence-corrected chi connectivity index (χ2v) is 8.56. The van der Waals surface area contributed by atoms with Crippen molar-refractivity contribution in [3.63, 3.8) is 0 Å². The second-order valence-electron chi connectivity index (χ2n) is 4.05. The van der Waals surface area contributed by atoms with Gasteiger partial charge in [-0.25, -0.2) is 0 Å². The molecule has 3 aromatic rings. The van der Waals surface area contributed by atoms with Crippen LogP contribution in [0.25, 0.3) is 0 Å². The lowest BCUT2D eigenvalue weighted by atomic mass is 10.2. The Bertz CT molecular complexity index is 579. The van der Waals surface area contributed by atoms with E-state index in [4.69, 9.17) is 0 Å². The van der Waals surface area contributed by atoms with E-state index in [0.29, 0.717) is 6.04 Å². The fraction of sp³-hybridized carbons (Fsp3) is 0.143. The molecule has 0 atom stereocenters. The molecule has 0 aliphatic carbocycles. The topological polar surface area (TPSA) is 12.0 Å². The lowest BCUT2D eigenvalue weighted by molar-refractivity contribution is 0.627. The lowest BCUT2D eigenvalue weighted by Crippen LogP contribution is -2.19. The monoisotopic (exact) mass is 369 g/mol. The smallest absolute Gasteiger partial charge is 0.0767 e. The third-order valence-corrected chi connectivity index (χ3v) is 6.26. The maximum Gasteiger partial charge on any atom is 0.0767 e. The van der Waals surface area contributed by atoms with Crippen LogP contribution in [0, 0.1) is 0 Å². The van der Waals surface area contributed by atoms with Gasteiger partial charge in [-0.2, -0.15) is 0 Å². The van der Waals surface area contributed by atoms with Gasteiger partial charge in [0.2, 0.25) is 0 Å². The van der Waals surface area contributed by atoms with Gasteiger partial charge in [-0.3, -0.25) is 5.32 Å². The van der Waals surface area contributed by atoms with E-state index in [0.717, 1.165) is 6.54 Å². The highest BCUT2D eigenvalue weighted by molar-refractivity contribution is 9.11. The predicted octanol–water partition coefficient (Wildman–Crippen LogP) is 5.51. The molecule has 0 unspecified atom stereocenters. The van der Waals surface area contributed by atoms with Crippen LogP contribution in [0.5, 0.6) is 0 Å². The first-order valence-corrected chi connectivity index (χ1v) is 9.24. The van der Waals surface area contributed by atoms with E-state index in [9.17, 15) is 0 Å². The van der Waals surface area contributed by atoms with Gasteiger partial charge in [0.15, 0.2) is 0 Å². The minimum Gasteiger partial charge on any atom is -0.300 e. The Balaban J connectivity index is 1.77. The standard InChI is InChI=1S/C14H12BrNS3/c15-13-6-5-10(19-13)9-16-14(11-3-1-7-17-11)12-4-2-8-18-12/h1-8,14,16H,9H2. The van der Waals surface area contributed by atoms with Crippen molar-refractivity contribution in [1.82, 2.24) is 5.32 Å². The molecule has 0 saturated carbocycles. The van der Waals surface area contributed by atoms with E-state index >= 15 is 0 Å². The number of hydrogen-bond donors (Lipinski definition) is 1. The fourth-order valence-corrected chi connectivity index (χ4v) is 5.05. The van der Waals surface area contributed by atoms with Gasteiger partial charge in [0, 0.05) is 21.2 Å². The zero-order chi connectivity index (χ0) is 13.1. The molecule has 0 fully saturated rings. The van der Waals surface area contributed by atoms with Gasteiger partial charge < -0.3 is 0 Å². The molecule has 0 spiro atoms. The van der Waals surface area contributed by atoms with Gasteiger partial charge in [0.1, 0.15) is 0 Å². The van der Waals surface area contributed by atoms with Crippen molar-refractivity contribution in [1.29, 1.82) is 0 Å². The predicted molar refractivity (Wildman–Crippen MR) is 89.3 cm³/mol. The van der Waals surface area contributed by atoms with Crippen LogP contribution in [0.2, 0.25) is 0 Å². The van der Waals surface area contributed by atoms with Crippen LogP contribution in [0.3, 0.4) is 0 Å². The Hall–Kier alpha value is -0.460. The highest BCUT2D eigenvalue weighted by atomic mass is 79.9. The van der Waals surface area contributed by atoms with Crippen LogP contribution in [0.1, 0.15) is 20.7 Å². The molecular formula is C14H12BrNS3. The van der Waals surface area contributed by atoms with Crippen molar-refractivity contribution in [2.45, 2.75) is 12.6 Å². The molecule has 0 amide bonds. The number of thiophene rings is 3. The second kappa shape index (κ2) is 6.33. The van der Waals surface area contributed by atoms with Crippen LogP contribution < -0.4 is 5.32 Å². The maximum absolute atomic E-state index is 3.66. The Kier molecular flexibility index (Phi) is 4.50. The minimum atomic E-state index is 0.306. The average molecular weight is 370 g/mol. The summed E-state index contributed by atoms with van der Waals surface area (Å²) in [4.78, 5) is 4.10. The SMILES string of the molecule is Brc1ccc(CNC(c2cccs2)c2cccs2)s1. The summed E-state index contributed by atoms with van der Waals surface area (Å²) in [6, 6.07) is 13.2. The summed E-state index contributed by atoms with van der Waals surface area (Å²) < 4.78 is 1.19. The minimum absolute atomic E-state index is 0.306. The molecule has 1 N–H and O–H groups in total. The van der Waals surface area contributed by atoms with Crippen LogP contribution in [-0.4, -0.2) is 0 Å². The molecule has 0 radical (unpaired) electrons. The fourth-order valence-electron chi connectivity index (χ4n) is 1.90. The first-order chi connectivity index (χ1) is 9.33. The van der Waals surface area contributed by atoms with Crippen molar-refractivity contribution in [2.24, 2.45) is 0 Å². The first-order valence-electron chi connectivity index (χ1n) is 5.87. The molecule has 3 aromatic heterocycles. The molecule has 0 bridgehead atoms. The molecule has 1 nitrogen and oxygen atoms in total. The molecule has 0 aliphatic heterocycles. The average Bonchev–Trinajstić information content (AvgIpc) is 3.11. The van der Waals surface area contributed by atoms with Crippen molar-refractivity contribution < 1.29 is 0 Å². The van der Waals surface area contributed by atoms with Gasteiger partial charge in [0.05, 0.1) is 9.83 Å². The molecule has 0 aromatic carbocycles. The van der Waals surface area contributed by atoms with Gasteiger partial charge >= 0.3 is 0 Å². The van der Waals surface area contributed by atoms with Crippen LogP contribution >= 0.6 is 49.9 Å².